The van der Waals surface area contributed by atoms with Crippen LogP contribution in [0.3, 0.4) is 0 Å². The maximum atomic E-state index is 11.4. The molecule has 17 heavy (non-hydrogen) atoms. The minimum atomic E-state index is -0.0481. The van der Waals surface area contributed by atoms with Crippen LogP contribution in [-0.4, -0.2) is 12.7 Å². The molecule has 0 atom stereocenters. The van der Waals surface area contributed by atoms with Gasteiger partial charge in [-0.25, -0.2) is 0 Å². The average molecular weight is 259 g/mol. The van der Waals surface area contributed by atoms with Gasteiger partial charge in [-0.15, -0.1) is 12.4 Å². The molecule has 3 N–H and O–H groups in total. The van der Waals surface area contributed by atoms with Crippen LogP contribution in [0, 0.1) is 0 Å². The van der Waals surface area contributed by atoms with E-state index in [1.165, 1.54) is 0 Å². The highest BCUT2D eigenvalue weighted by molar-refractivity contribution is 5.94. The number of nitrogens with one attached hydrogen (secondary N) is 1. The molecule has 0 aliphatic carbocycles. The molecule has 5 nitrogen and oxygen atoms in total. The van der Waals surface area contributed by atoms with Gasteiger partial charge in [0.25, 0.3) is 0 Å². The van der Waals surface area contributed by atoms with Crippen molar-refractivity contribution < 1.29 is 14.3 Å². The van der Waals surface area contributed by atoms with Crippen molar-refractivity contribution in [3.63, 3.8) is 0 Å². The van der Waals surface area contributed by atoms with Gasteiger partial charge in [-0.05, 0) is 6.42 Å². The van der Waals surface area contributed by atoms with Gasteiger partial charge in [-0.3, -0.25) is 4.79 Å². The number of nitrogen functional groups attached to an aromatic ring is 1. The van der Waals surface area contributed by atoms with E-state index >= 15 is 0 Å². The number of halogens is 1. The van der Waals surface area contributed by atoms with Crippen molar-refractivity contribution >= 4 is 29.7 Å². The molecule has 1 aromatic carbocycles. The van der Waals surface area contributed by atoms with Crippen molar-refractivity contribution in [2.75, 3.05) is 17.8 Å². The van der Waals surface area contributed by atoms with E-state index in [0.29, 0.717) is 29.3 Å². The van der Waals surface area contributed by atoms with E-state index in [2.05, 4.69) is 5.32 Å². The summed E-state index contributed by atoms with van der Waals surface area (Å²) in [6.07, 6.45) is 1.28. The summed E-state index contributed by atoms with van der Waals surface area (Å²) in [4.78, 5) is 11.4. The molecule has 0 saturated carbocycles. The van der Waals surface area contributed by atoms with Gasteiger partial charge in [-0.2, -0.15) is 0 Å². The Morgan fingerprint density at radius 1 is 1.41 bits per heavy atom. The van der Waals surface area contributed by atoms with Crippen molar-refractivity contribution in [2.24, 2.45) is 0 Å². The zero-order valence-corrected chi connectivity index (χ0v) is 10.3. The predicted molar refractivity (Wildman–Crippen MR) is 67.8 cm³/mol. The fraction of sp³-hybridized carbons (Fsp3) is 0.364. The third-order valence-electron chi connectivity index (χ3n) is 2.30. The predicted octanol–water partition coefficient (Wildman–Crippen LogP) is 2.16. The zero-order chi connectivity index (χ0) is 11.5. The van der Waals surface area contributed by atoms with Gasteiger partial charge < -0.3 is 20.5 Å². The number of carbonyl (C=O) groups excluding carboxylic acids is 1. The van der Waals surface area contributed by atoms with Crippen LogP contribution in [0.25, 0.3) is 0 Å². The molecule has 1 amide bonds. The number of fused-ring (bicyclic) bond motifs is 1. The summed E-state index contributed by atoms with van der Waals surface area (Å²) in [7, 11) is 0. The Hall–Kier alpha value is -1.62. The molecule has 0 saturated heterocycles. The van der Waals surface area contributed by atoms with Gasteiger partial charge in [0, 0.05) is 18.6 Å². The number of anilines is 2. The largest absolute Gasteiger partial charge is 0.454 e. The summed E-state index contributed by atoms with van der Waals surface area (Å²) in [6.45, 7) is 2.14. The Bertz CT molecular complexity index is 423. The van der Waals surface area contributed by atoms with E-state index in [0.717, 1.165) is 6.42 Å². The number of hydrogen-bond acceptors (Lipinski definition) is 4. The fourth-order valence-electron chi connectivity index (χ4n) is 1.51. The normalized spacial score (nSPS) is 11.8. The number of benzene rings is 1. The first-order chi connectivity index (χ1) is 7.70. The Labute approximate surface area is 106 Å². The van der Waals surface area contributed by atoms with Crippen LogP contribution in [0.5, 0.6) is 11.5 Å². The van der Waals surface area contributed by atoms with E-state index in [-0.39, 0.29) is 25.1 Å². The lowest BCUT2D eigenvalue weighted by molar-refractivity contribution is -0.116. The van der Waals surface area contributed by atoms with Crippen LogP contribution in [0.4, 0.5) is 11.4 Å². The van der Waals surface area contributed by atoms with E-state index in [1.54, 1.807) is 12.1 Å². The first-order valence-electron chi connectivity index (χ1n) is 5.19. The second-order valence-corrected chi connectivity index (χ2v) is 3.59. The number of carbonyl (C=O) groups is 1. The average Bonchev–Trinajstić information content (AvgIpc) is 2.65. The molecule has 6 heteroatoms. The Morgan fingerprint density at radius 2 is 2.06 bits per heavy atom. The van der Waals surface area contributed by atoms with Crippen molar-refractivity contribution in [3.8, 4) is 11.5 Å². The van der Waals surface area contributed by atoms with E-state index in [1.807, 2.05) is 6.92 Å². The van der Waals surface area contributed by atoms with Gasteiger partial charge in [-0.1, -0.05) is 6.92 Å². The molecule has 1 aromatic rings. The van der Waals surface area contributed by atoms with Gasteiger partial charge in [0.1, 0.15) is 0 Å². The summed E-state index contributed by atoms with van der Waals surface area (Å²) in [5.74, 6) is 1.18. The molecule has 0 radical (unpaired) electrons. The molecular formula is C11H15ClN2O3. The number of hydrogen-bond donors (Lipinski definition) is 2. The zero-order valence-electron chi connectivity index (χ0n) is 9.49. The molecule has 1 aliphatic heterocycles. The van der Waals surface area contributed by atoms with Crippen molar-refractivity contribution in [1.82, 2.24) is 0 Å². The lowest BCUT2D eigenvalue weighted by Gasteiger charge is -2.08. The number of amides is 1. The number of nitrogens with two attached hydrogens (primary N) is 1. The molecule has 1 aliphatic rings. The van der Waals surface area contributed by atoms with Crippen LogP contribution in [0.15, 0.2) is 12.1 Å². The molecule has 94 valence electrons. The van der Waals surface area contributed by atoms with E-state index in [4.69, 9.17) is 15.2 Å². The highest BCUT2D eigenvalue weighted by Crippen LogP contribution is 2.38. The van der Waals surface area contributed by atoms with Crippen LogP contribution < -0.4 is 20.5 Å². The van der Waals surface area contributed by atoms with Gasteiger partial charge in [0.15, 0.2) is 11.5 Å². The maximum absolute atomic E-state index is 11.4. The van der Waals surface area contributed by atoms with E-state index in [9.17, 15) is 4.79 Å². The molecule has 0 bridgehead atoms. The van der Waals surface area contributed by atoms with Crippen LogP contribution in [0.1, 0.15) is 19.8 Å². The second-order valence-electron chi connectivity index (χ2n) is 3.59. The van der Waals surface area contributed by atoms with Crippen LogP contribution in [0.2, 0.25) is 0 Å². The van der Waals surface area contributed by atoms with Crippen molar-refractivity contribution in [1.29, 1.82) is 0 Å². The summed E-state index contributed by atoms with van der Waals surface area (Å²) < 4.78 is 10.4. The van der Waals surface area contributed by atoms with Gasteiger partial charge in [0.05, 0.1) is 11.4 Å². The fourth-order valence-corrected chi connectivity index (χ4v) is 1.51. The SMILES string of the molecule is CCCC(=O)Nc1cc2c(cc1N)OCO2.Cl. The summed E-state index contributed by atoms with van der Waals surface area (Å²) in [5, 5.41) is 2.74. The Balaban J connectivity index is 0.00000144. The summed E-state index contributed by atoms with van der Waals surface area (Å²) >= 11 is 0. The first kappa shape index (κ1) is 13.4. The van der Waals surface area contributed by atoms with Crippen molar-refractivity contribution in [3.05, 3.63) is 12.1 Å². The van der Waals surface area contributed by atoms with Crippen LogP contribution >= 0.6 is 12.4 Å². The molecule has 0 unspecified atom stereocenters. The number of rotatable bonds is 3. The molecule has 0 spiro atoms. The lowest BCUT2D eigenvalue weighted by atomic mass is 10.2. The molecule has 0 aromatic heterocycles. The van der Waals surface area contributed by atoms with Crippen molar-refractivity contribution in [2.45, 2.75) is 19.8 Å². The van der Waals surface area contributed by atoms with Gasteiger partial charge >= 0.3 is 0 Å². The molecule has 1 heterocycles. The standard InChI is InChI=1S/C11H14N2O3.ClH/c1-2-3-11(14)13-8-5-10-9(4-7(8)12)15-6-16-10;/h4-5H,2-3,6,12H2,1H3,(H,13,14);1H. The van der Waals surface area contributed by atoms with E-state index < -0.39 is 0 Å². The minimum absolute atomic E-state index is 0. The lowest BCUT2D eigenvalue weighted by Crippen LogP contribution is -2.12. The second kappa shape index (κ2) is 5.63. The Morgan fingerprint density at radius 3 is 2.71 bits per heavy atom. The topological polar surface area (TPSA) is 73.6 Å². The smallest absolute Gasteiger partial charge is 0.231 e. The first-order valence-corrected chi connectivity index (χ1v) is 5.19. The highest BCUT2D eigenvalue weighted by Gasteiger charge is 2.16. The molecule has 0 fully saturated rings. The van der Waals surface area contributed by atoms with Gasteiger partial charge in [0.2, 0.25) is 12.7 Å². The molecule has 2 rings (SSSR count). The highest BCUT2D eigenvalue weighted by atomic mass is 35.5. The van der Waals surface area contributed by atoms with Crippen LogP contribution in [-0.2, 0) is 4.79 Å². The third-order valence-corrected chi connectivity index (χ3v) is 2.30. The third kappa shape index (κ3) is 2.94. The number of ether oxygens (including phenoxy) is 2. The summed E-state index contributed by atoms with van der Waals surface area (Å²) in [6, 6.07) is 3.34. The Kier molecular flexibility index (Phi) is 4.45. The monoisotopic (exact) mass is 258 g/mol. The minimum Gasteiger partial charge on any atom is -0.454 e. The quantitative estimate of drug-likeness (QED) is 0.815. The maximum Gasteiger partial charge on any atom is 0.231 e. The molecular weight excluding hydrogens is 244 g/mol. The summed E-state index contributed by atoms with van der Waals surface area (Å²) in [5.41, 5.74) is 6.84.